The van der Waals surface area contributed by atoms with Gasteiger partial charge in [0.15, 0.2) is 0 Å². The minimum Gasteiger partial charge on any atom is -0.366 e. The summed E-state index contributed by atoms with van der Waals surface area (Å²) in [7, 11) is 0. The van der Waals surface area contributed by atoms with E-state index < -0.39 is 0 Å². The van der Waals surface area contributed by atoms with E-state index >= 15 is 0 Å². The third-order valence-corrected chi connectivity index (χ3v) is 7.95. The Morgan fingerprint density at radius 3 is 2.58 bits per heavy atom. The van der Waals surface area contributed by atoms with Gasteiger partial charge in [-0.1, -0.05) is 67.7 Å². The Labute approximate surface area is 142 Å². The summed E-state index contributed by atoms with van der Waals surface area (Å²) in [5.74, 6) is 0.566. The molecule has 0 aromatic rings. The van der Waals surface area contributed by atoms with Gasteiger partial charge in [-0.05, 0) is 43.1 Å². The molecule has 0 radical (unpaired) electrons. The number of ether oxygens (including phenoxy) is 1. The van der Waals surface area contributed by atoms with Crippen LogP contribution in [0.2, 0.25) is 0 Å². The molecule has 0 N–H and O–H groups in total. The largest absolute Gasteiger partial charge is 0.366 e. The fourth-order valence-electron chi connectivity index (χ4n) is 3.73. The van der Waals surface area contributed by atoms with Crippen molar-refractivity contribution in [3.63, 3.8) is 0 Å². The van der Waals surface area contributed by atoms with Crippen molar-refractivity contribution in [1.29, 1.82) is 0 Å². The van der Waals surface area contributed by atoms with Crippen LogP contribution < -0.4 is 0 Å². The fraction of sp³-hybridized carbons (Fsp3) is 0.867. The second kappa shape index (κ2) is 6.10. The molecule has 1 aliphatic carbocycles. The molecule has 110 valence electrons. The summed E-state index contributed by atoms with van der Waals surface area (Å²) in [6.45, 7) is 7.08. The molecule has 1 nitrogen and oxygen atoms in total. The Hall–Kier alpha value is 1.14. The van der Waals surface area contributed by atoms with Gasteiger partial charge in [0, 0.05) is 15.5 Å². The average Bonchev–Trinajstić information content (AvgIpc) is 2.51. The van der Waals surface area contributed by atoms with Crippen LogP contribution in [-0.2, 0) is 4.74 Å². The predicted octanol–water partition coefficient (Wildman–Crippen LogP) is 5.45. The van der Waals surface area contributed by atoms with Gasteiger partial charge in [0.1, 0.15) is 0 Å². The van der Waals surface area contributed by atoms with Gasteiger partial charge in [0.05, 0.1) is 11.7 Å². The van der Waals surface area contributed by atoms with Gasteiger partial charge < -0.3 is 4.74 Å². The Bertz CT molecular complexity index is 366. The van der Waals surface area contributed by atoms with Gasteiger partial charge in [0.2, 0.25) is 0 Å². The lowest BCUT2D eigenvalue weighted by Gasteiger charge is -2.52. The molecule has 0 bridgehead atoms. The summed E-state index contributed by atoms with van der Waals surface area (Å²) >= 11 is 11.1. The molecule has 1 heterocycles. The predicted molar refractivity (Wildman–Crippen MR) is 92.8 cm³/mol. The Morgan fingerprint density at radius 2 is 2.00 bits per heavy atom. The Kier molecular flexibility index (Phi) is 5.30. The van der Waals surface area contributed by atoms with E-state index in [1.807, 2.05) is 0 Å². The zero-order valence-electron chi connectivity index (χ0n) is 11.9. The molecule has 4 unspecified atom stereocenters. The minimum atomic E-state index is -0.00731. The minimum absolute atomic E-state index is 0.00731. The summed E-state index contributed by atoms with van der Waals surface area (Å²) in [6.07, 6.45) is 6.07. The molecule has 4 atom stereocenters. The van der Waals surface area contributed by atoms with E-state index in [9.17, 15) is 0 Å². The molecule has 1 aliphatic heterocycles. The van der Waals surface area contributed by atoms with Gasteiger partial charge >= 0.3 is 0 Å². The third kappa shape index (κ3) is 3.02. The molecular weight excluding hydrogens is 436 g/mol. The summed E-state index contributed by atoms with van der Waals surface area (Å²) < 4.78 is 6.57. The summed E-state index contributed by atoms with van der Waals surface area (Å²) in [5, 5.41) is 1.79. The van der Waals surface area contributed by atoms with Crippen LogP contribution in [0.25, 0.3) is 0 Å². The van der Waals surface area contributed by atoms with E-state index in [-0.39, 0.29) is 17.1 Å². The van der Waals surface area contributed by atoms with Crippen molar-refractivity contribution in [1.82, 2.24) is 0 Å². The molecule has 2 rings (SSSR count). The summed E-state index contributed by atoms with van der Waals surface area (Å²) in [6, 6.07) is 0. The highest BCUT2D eigenvalue weighted by Crippen LogP contribution is 2.54. The second-order valence-corrected chi connectivity index (χ2v) is 8.92. The molecule has 0 aromatic heterocycles. The van der Waals surface area contributed by atoms with Crippen molar-refractivity contribution < 1.29 is 4.74 Å². The first-order valence-corrected chi connectivity index (χ1v) is 10.1. The van der Waals surface area contributed by atoms with Crippen molar-refractivity contribution in [2.24, 2.45) is 11.3 Å². The first-order chi connectivity index (χ1) is 8.85. The molecule has 0 aromatic carbocycles. The number of fused-ring (bicyclic) bond motifs is 1. The van der Waals surface area contributed by atoms with Crippen molar-refractivity contribution in [2.75, 3.05) is 10.7 Å². The van der Waals surface area contributed by atoms with Gasteiger partial charge in [-0.15, -0.1) is 0 Å². The van der Waals surface area contributed by atoms with Crippen molar-refractivity contribution in [3.05, 3.63) is 11.6 Å². The normalized spacial score (nSPS) is 42.2. The van der Waals surface area contributed by atoms with E-state index in [4.69, 9.17) is 4.74 Å². The Balaban J connectivity index is 2.34. The second-order valence-electron chi connectivity index (χ2n) is 6.60. The van der Waals surface area contributed by atoms with Crippen LogP contribution in [0.3, 0.4) is 0 Å². The third-order valence-electron chi connectivity index (χ3n) is 5.07. The zero-order valence-corrected chi connectivity index (χ0v) is 16.6. The van der Waals surface area contributed by atoms with Crippen molar-refractivity contribution in [2.45, 2.75) is 56.6 Å². The van der Waals surface area contributed by atoms with Crippen LogP contribution in [0.5, 0.6) is 0 Å². The molecule has 0 saturated heterocycles. The molecule has 0 spiro atoms. The van der Waals surface area contributed by atoms with Crippen LogP contribution in [0.1, 0.15) is 40.0 Å². The molecule has 1 saturated carbocycles. The summed E-state index contributed by atoms with van der Waals surface area (Å²) in [5.41, 5.74) is 1.64. The summed E-state index contributed by atoms with van der Waals surface area (Å²) in [4.78, 5) is 0.586. The van der Waals surface area contributed by atoms with Gasteiger partial charge in [-0.3, -0.25) is 0 Å². The topological polar surface area (TPSA) is 9.23 Å². The lowest BCUT2D eigenvalue weighted by atomic mass is 9.60. The van der Waals surface area contributed by atoms with Crippen LogP contribution in [0.4, 0.5) is 0 Å². The van der Waals surface area contributed by atoms with Gasteiger partial charge in [0.25, 0.3) is 0 Å². The number of hydrogen-bond donors (Lipinski definition) is 0. The average molecular weight is 459 g/mol. The number of allylic oxidation sites excluding steroid dienone is 1. The highest BCUT2D eigenvalue weighted by atomic mass is 79.9. The SMILES string of the molecule is CC12CCC(Br)C(C)(C)C1CC=C(CBr)C(CBr)O2. The smallest absolute Gasteiger partial charge is 0.0897 e. The monoisotopic (exact) mass is 456 g/mol. The molecule has 0 amide bonds. The molecular formula is C15H23Br3O. The number of alkyl halides is 3. The van der Waals surface area contributed by atoms with E-state index in [0.29, 0.717) is 10.7 Å². The molecule has 1 fully saturated rings. The van der Waals surface area contributed by atoms with Crippen molar-refractivity contribution in [3.8, 4) is 0 Å². The zero-order chi connectivity index (χ0) is 14.3. The maximum absolute atomic E-state index is 6.57. The maximum atomic E-state index is 6.57. The lowest BCUT2D eigenvalue weighted by Crippen LogP contribution is -2.53. The Morgan fingerprint density at radius 1 is 1.32 bits per heavy atom. The van der Waals surface area contributed by atoms with E-state index in [1.54, 1.807) is 0 Å². The standard InChI is InChI=1S/C15H23Br3O/c1-14(2)12-5-4-10(8-16)11(9-17)19-15(12,3)7-6-13(14)18/h4,11-13H,5-9H2,1-3H3. The van der Waals surface area contributed by atoms with Crippen molar-refractivity contribution >= 4 is 47.8 Å². The lowest BCUT2D eigenvalue weighted by molar-refractivity contribution is -0.142. The first kappa shape index (κ1) is 16.5. The number of hydrogen-bond acceptors (Lipinski definition) is 1. The highest BCUT2D eigenvalue weighted by Gasteiger charge is 2.52. The molecule has 4 heteroatoms. The van der Waals surface area contributed by atoms with E-state index in [0.717, 1.165) is 23.5 Å². The van der Waals surface area contributed by atoms with Gasteiger partial charge in [-0.25, -0.2) is 0 Å². The number of halogens is 3. The van der Waals surface area contributed by atoms with E-state index in [1.165, 1.54) is 12.0 Å². The number of rotatable bonds is 2. The maximum Gasteiger partial charge on any atom is 0.0897 e. The molecule has 2 aliphatic rings. The molecule has 19 heavy (non-hydrogen) atoms. The fourth-order valence-corrected chi connectivity index (χ4v) is 5.42. The van der Waals surface area contributed by atoms with Gasteiger partial charge in [-0.2, -0.15) is 0 Å². The van der Waals surface area contributed by atoms with Crippen LogP contribution >= 0.6 is 47.8 Å². The van der Waals surface area contributed by atoms with Crippen LogP contribution in [-0.4, -0.2) is 27.2 Å². The highest BCUT2D eigenvalue weighted by molar-refractivity contribution is 9.09. The van der Waals surface area contributed by atoms with E-state index in [2.05, 4.69) is 74.6 Å². The van der Waals surface area contributed by atoms with Crippen LogP contribution in [0, 0.1) is 11.3 Å². The first-order valence-electron chi connectivity index (χ1n) is 6.98. The quantitative estimate of drug-likeness (QED) is 0.395. The van der Waals surface area contributed by atoms with Crippen LogP contribution in [0.15, 0.2) is 11.6 Å².